The Morgan fingerprint density at radius 1 is 1.14 bits per heavy atom. The van der Waals surface area contributed by atoms with E-state index in [2.05, 4.69) is 37.1 Å². The first-order valence-electron chi connectivity index (χ1n) is 13.6. The number of carbonyl (C=O) groups is 2. The molecule has 4 rings (SSSR count). The molecule has 1 saturated heterocycles. The molecule has 1 fully saturated rings. The highest BCUT2D eigenvalue weighted by atomic mass is 16.5. The summed E-state index contributed by atoms with van der Waals surface area (Å²) in [6.45, 7) is 7.86. The summed E-state index contributed by atoms with van der Waals surface area (Å²) in [6, 6.07) is 14.0. The molecule has 0 bridgehead atoms. The van der Waals surface area contributed by atoms with E-state index in [-0.39, 0.29) is 24.2 Å². The third-order valence-corrected chi connectivity index (χ3v) is 7.57. The number of unbranched alkanes of at least 4 members (excludes halogenated alkanes) is 1. The van der Waals surface area contributed by atoms with Crippen LogP contribution in [0.5, 0.6) is 0 Å². The number of carboxylic acids is 1. The maximum absolute atomic E-state index is 13.7. The molecule has 2 aromatic rings. The second kappa shape index (κ2) is 12.9. The first-order valence-corrected chi connectivity index (χ1v) is 13.6. The number of hydrogen-bond donors (Lipinski definition) is 1. The van der Waals surface area contributed by atoms with Gasteiger partial charge in [-0.2, -0.15) is 5.10 Å². The average molecular weight is 506 g/mol. The van der Waals surface area contributed by atoms with E-state index in [4.69, 9.17) is 4.74 Å². The summed E-state index contributed by atoms with van der Waals surface area (Å²) in [4.78, 5) is 27.0. The molecule has 1 N–H and O–H groups in total. The number of aryl methyl sites for hydroxylation is 1. The number of benzene rings is 2. The van der Waals surface area contributed by atoms with E-state index in [1.807, 2.05) is 40.4 Å². The molecule has 7 nitrogen and oxygen atoms in total. The van der Waals surface area contributed by atoms with Crippen molar-refractivity contribution in [3.8, 4) is 0 Å². The van der Waals surface area contributed by atoms with Crippen LogP contribution in [-0.4, -0.2) is 61.1 Å². The van der Waals surface area contributed by atoms with Crippen LogP contribution in [-0.2, 0) is 16.0 Å². The monoisotopic (exact) mass is 505 g/mol. The average Bonchev–Trinajstić information content (AvgIpc) is 2.92. The summed E-state index contributed by atoms with van der Waals surface area (Å²) in [6.07, 6.45) is 6.61. The van der Waals surface area contributed by atoms with Gasteiger partial charge in [0.2, 0.25) is 0 Å². The highest BCUT2D eigenvalue weighted by molar-refractivity contribution is 6.06. The second-order valence-corrected chi connectivity index (χ2v) is 10.0. The molecule has 0 aromatic heterocycles. The lowest BCUT2D eigenvalue weighted by Gasteiger charge is -2.34. The molecule has 7 heteroatoms. The number of carboxylic acid groups (broad SMARTS) is 1. The number of hydrogen-bond acceptors (Lipinski definition) is 5. The predicted molar refractivity (Wildman–Crippen MR) is 147 cm³/mol. The molecule has 1 aliphatic carbocycles. The highest BCUT2D eigenvalue weighted by Crippen LogP contribution is 2.41. The van der Waals surface area contributed by atoms with Crippen LogP contribution >= 0.6 is 0 Å². The summed E-state index contributed by atoms with van der Waals surface area (Å²) in [5.41, 5.74) is 4.98. The van der Waals surface area contributed by atoms with Crippen molar-refractivity contribution in [1.29, 1.82) is 0 Å². The summed E-state index contributed by atoms with van der Waals surface area (Å²) in [5.74, 6) is -0.415. The van der Waals surface area contributed by atoms with Crippen molar-refractivity contribution in [2.45, 2.75) is 58.3 Å². The largest absolute Gasteiger partial charge is 0.481 e. The van der Waals surface area contributed by atoms with Crippen LogP contribution in [0.25, 0.3) is 0 Å². The van der Waals surface area contributed by atoms with Gasteiger partial charge in [0.05, 0.1) is 32.5 Å². The molecule has 1 heterocycles. The van der Waals surface area contributed by atoms with Gasteiger partial charge < -0.3 is 14.7 Å². The van der Waals surface area contributed by atoms with E-state index in [0.29, 0.717) is 25.3 Å². The third kappa shape index (κ3) is 6.77. The molecule has 0 spiro atoms. The first kappa shape index (κ1) is 26.9. The molecule has 198 valence electrons. The van der Waals surface area contributed by atoms with Crippen molar-refractivity contribution in [2.75, 3.05) is 37.7 Å². The lowest BCUT2D eigenvalue weighted by molar-refractivity contribution is -0.138. The van der Waals surface area contributed by atoms with E-state index >= 15 is 0 Å². The Bertz CT molecular complexity index is 1090. The molecule has 1 aliphatic heterocycles. The fourth-order valence-corrected chi connectivity index (χ4v) is 5.49. The van der Waals surface area contributed by atoms with Crippen LogP contribution in [0.15, 0.2) is 47.6 Å². The minimum absolute atomic E-state index is 0.0176. The smallest absolute Gasteiger partial charge is 0.303 e. The van der Waals surface area contributed by atoms with Crippen molar-refractivity contribution in [1.82, 2.24) is 5.01 Å². The van der Waals surface area contributed by atoms with Crippen molar-refractivity contribution in [3.63, 3.8) is 0 Å². The number of aliphatic carboxylic acids is 1. The fourth-order valence-electron chi connectivity index (χ4n) is 5.49. The number of ether oxygens (including phenoxy) is 1. The van der Waals surface area contributed by atoms with Gasteiger partial charge in [-0.05, 0) is 78.5 Å². The van der Waals surface area contributed by atoms with Crippen molar-refractivity contribution in [2.24, 2.45) is 11.0 Å². The number of rotatable bonds is 10. The Morgan fingerprint density at radius 3 is 2.57 bits per heavy atom. The predicted octanol–water partition coefficient (Wildman–Crippen LogP) is 5.33. The van der Waals surface area contributed by atoms with Crippen LogP contribution in [0.3, 0.4) is 0 Å². The van der Waals surface area contributed by atoms with Gasteiger partial charge in [0.15, 0.2) is 0 Å². The maximum atomic E-state index is 13.7. The van der Waals surface area contributed by atoms with Crippen molar-refractivity contribution < 1.29 is 19.4 Å². The highest BCUT2D eigenvalue weighted by Gasteiger charge is 2.31. The molecule has 2 unspecified atom stereocenters. The summed E-state index contributed by atoms with van der Waals surface area (Å²) in [5, 5.41) is 15.9. The lowest BCUT2D eigenvalue weighted by atomic mass is 9.72. The van der Waals surface area contributed by atoms with Crippen LogP contribution in [0.2, 0.25) is 0 Å². The van der Waals surface area contributed by atoms with E-state index in [9.17, 15) is 14.7 Å². The van der Waals surface area contributed by atoms with Crippen LogP contribution < -0.4 is 4.90 Å². The lowest BCUT2D eigenvalue weighted by Crippen LogP contribution is -2.32. The SMILES string of the molecule is CCCCN(C(=O)c1ccc(C=NN2CCOCC2)cc1)c1ccc2c(c1)C(CC)C(CC(=O)O)CC2. The van der Waals surface area contributed by atoms with E-state index < -0.39 is 5.97 Å². The Kier molecular flexibility index (Phi) is 9.34. The normalized spacial score (nSPS) is 19.6. The van der Waals surface area contributed by atoms with Gasteiger partial charge in [-0.25, -0.2) is 0 Å². The Balaban J connectivity index is 1.55. The Hall–Kier alpha value is -3.19. The number of nitrogens with zero attached hydrogens (tertiary/aromatic N) is 3. The summed E-state index contributed by atoms with van der Waals surface area (Å²) in [7, 11) is 0. The van der Waals surface area contributed by atoms with Crippen molar-refractivity contribution in [3.05, 3.63) is 64.7 Å². The molecular formula is C30H39N3O4. The van der Waals surface area contributed by atoms with Gasteiger partial charge in [-0.1, -0.05) is 38.5 Å². The van der Waals surface area contributed by atoms with Gasteiger partial charge in [0.25, 0.3) is 5.91 Å². The fraction of sp³-hybridized carbons (Fsp3) is 0.500. The topological polar surface area (TPSA) is 82.4 Å². The third-order valence-electron chi connectivity index (χ3n) is 7.57. The van der Waals surface area contributed by atoms with Gasteiger partial charge in [0.1, 0.15) is 0 Å². The minimum Gasteiger partial charge on any atom is -0.481 e. The quantitative estimate of drug-likeness (QED) is 0.441. The van der Waals surface area contributed by atoms with Gasteiger partial charge in [-0.3, -0.25) is 14.6 Å². The van der Waals surface area contributed by atoms with E-state index in [0.717, 1.165) is 56.4 Å². The Morgan fingerprint density at radius 2 is 1.89 bits per heavy atom. The molecule has 1 amide bonds. The zero-order valence-corrected chi connectivity index (χ0v) is 22.1. The molecule has 2 atom stereocenters. The summed E-state index contributed by atoms with van der Waals surface area (Å²) >= 11 is 0. The van der Waals surface area contributed by atoms with Gasteiger partial charge >= 0.3 is 5.97 Å². The molecular weight excluding hydrogens is 466 g/mol. The number of anilines is 1. The van der Waals surface area contributed by atoms with Crippen LogP contribution in [0, 0.1) is 5.92 Å². The molecule has 2 aromatic carbocycles. The molecule has 0 radical (unpaired) electrons. The van der Waals surface area contributed by atoms with Crippen LogP contribution in [0.4, 0.5) is 5.69 Å². The number of morpholine rings is 1. The standard InChI is InChI=1S/C30H39N3O4/c1-3-5-14-33(26-13-12-23-10-11-25(19-29(34)35)27(4-2)28(23)20-26)30(36)24-8-6-22(7-9-24)21-31-32-15-17-37-18-16-32/h6-9,12-13,20-21,25,27H,3-5,10-11,14-19H2,1-2H3,(H,34,35). The first-order chi connectivity index (χ1) is 18.0. The van der Waals surface area contributed by atoms with E-state index in [1.54, 1.807) is 0 Å². The number of fused-ring (bicyclic) bond motifs is 1. The zero-order valence-electron chi connectivity index (χ0n) is 22.1. The maximum Gasteiger partial charge on any atom is 0.303 e. The zero-order chi connectivity index (χ0) is 26.2. The number of hydrazone groups is 1. The van der Waals surface area contributed by atoms with Crippen LogP contribution in [0.1, 0.15) is 78.9 Å². The van der Waals surface area contributed by atoms with E-state index in [1.165, 1.54) is 11.1 Å². The van der Waals surface area contributed by atoms with Gasteiger partial charge in [-0.15, -0.1) is 0 Å². The molecule has 0 saturated carbocycles. The number of amides is 1. The molecule has 37 heavy (non-hydrogen) atoms. The second-order valence-electron chi connectivity index (χ2n) is 10.0. The molecule has 2 aliphatic rings. The summed E-state index contributed by atoms with van der Waals surface area (Å²) < 4.78 is 5.36. The number of carbonyl (C=O) groups excluding carboxylic acids is 1. The van der Waals surface area contributed by atoms with Crippen molar-refractivity contribution >= 4 is 23.8 Å². The Labute approximate surface area is 220 Å². The minimum atomic E-state index is -0.735. The van der Waals surface area contributed by atoms with Gasteiger partial charge in [0, 0.05) is 24.2 Å².